The average Bonchev–Trinajstić information content (AvgIpc) is 2.37. The number of aromatic carboxylic acids is 1. The van der Waals surface area contributed by atoms with Gasteiger partial charge in [0.15, 0.2) is 0 Å². The van der Waals surface area contributed by atoms with Crippen LogP contribution in [0.1, 0.15) is 41.6 Å². The van der Waals surface area contributed by atoms with E-state index in [0.717, 1.165) is 24.8 Å². The second kappa shape index (κ2) is 6.05. The van der Waals surface area contributed by atoms with Gasteiger partial charge in [0.05, 0.1) is 5.56 Å². The Balaban J connectivity index is 1.81. The number of amides is 1. The van der Waals surface area contributed by atoms with Crippen LogP contribution >= 0.6 is 0 Å². The largest absolute Gasteiger partial charge is 0.478 e. The van der Waals surface area contributed by atoms with E-state index in [4.69, 9.17) is 10.8 Å². The van der Waals surface area contributed by atoms with Gasteiger partial charge in [-0.15, -0.1) is 0 Å². The lowest BCUT2D eigenvalue weighted by atomic mass is 9.75. The van der Waals surface area contributed by atoms with Crippen molar-refractivity contribution in [3.63, 3.8) is 0 Å². The number of carboxylic acids is 1. The van der Waals surface area contributed by atoms with Crippen LogP contribution in [-0.2, 0) is 11.2 Å². The SMILES string of the molecule is NC1(CC(=O)NCCc2ccccc2C(=O)O)CCC1. The Bertz CT molecular complexity index is 510. The van der Waals surface area contributed by atoms with E-state index in [0.29, 0.717) is 19.4 Å². The van der Waals surface area contributed by atoms with Crippen molar-refractivity contribution in [2.24, 2.45) is 5.73 Å². The molecule has 1 aromatic carbocycles. The van der Waals surface area contributed by atoms with Crippen LogP contribution in [0.25, 0.3) is 0 Å². The molecule has 20 heavy (non-hydrogen) atoms. The zero-order chi connectivity index (χ0) is 14.6. The minimum atomic E-state index is -0.942. The van der Waals surface area contributed by atoms with E-state index in [-0.39, 0.29) is 17.0 Å². The molecule has 1 amide bonds. The number of rotatable bonds is 6. The van der Waals surface area contributed by atoms with Gasteiger partial charge in [-0.05, 0) is 37.3 Å². The van der Waals surface area contributed by atoms with Crippen LogP contribution in [0, 0.1) is 0 Å². The molecule has 2 rings (SSSR count). The number of hydrogen-bond acceptors (Lipinski definition) is 3. The molecule has 0 radical (unpaired) electrons. The van der Waals surface area contributed by atoms with Crippen LogP contribution in [0.15, 0.2) is 24.3 Å². The molecule has 0 heterocycles. The average molecular weight is 276 g/mol. The molecule has 0 saturated heterocycles. The van der Waals surface area contributed by atoms with Gasteiger partial charge in [-0.25, -0.2) is 4.79 Å². The van der Waals surface area contributed by atoms with E-state index in [1.54, 1.807) is 24.3 Å². The molecule has 0 spiro atoms. The summed E-state index contributed by atoms with van der Waals surface area (Å²) in [4.78, 5) is 22.8. The van der Waals surface area contributed by atoms with Gasteiger partial charge in [0, 0.05) is 18.5 Å². The van der Waals surface area contributed by atoms with E-state index in [1.165, 1.54) is 0 Å². The third kappa shape index (κ3) is 3.57. The molecule has 0 unspecified atom stereocenters. The van der Waals surface area contributed by atoms with Crippen molar-refractivity contribution in [3.05, 3.63) is 35.4 Å². The molecule has 108 valence electrons. The zero-order valence-electron chi connectivity index (χ0n) is 11.4. The first-order valence-corrected chi connectivity index (χ1v) is 6.87. The molecule has 5 nitrogen and oxygen atoms in total. The highest BCUT2D eigenvalue weighted by Crippen LogP contribution is 2.31. The fraction of sp³-hybridized carbons (Fsp3) is 0.467. The smallest absolute Gasteiger partial charge is 0.335 e. The maximum Gasteiger partial charge on any atom is 0.335 e. The fourth-order valence-corrected chi connectivity index (χ4v) is 2.47. The second-order valence-electron chi connectivity index (χ2n) is 5.45. The Morgan fingerprint density at radius 2 is 2.00 bits per heavy atom. The third-order valence-electron chi connectivity index (χ3n) is 3.83. The normalized spacial score (nSPS) is 16.2. The Kier molecular flexibility index (Phi) is 4.39. The van der Waals surface area contributed by atoms with Crippen molar-refractivity contribution < 1.29 is 14.7 Å². The van der Waals surface area contributed by atoms with Gasteiger partial charge in [0.25, 0.3) is 0 Å². The molecular formula is C15H20N2O3. The topological polar surface area (TPSA) is 92.4 Å². The highest BCUT2D eigenvalue weighted by molar-refractivity contribution is 5.89. The summed E-state index contributed by atoms with van der Waals surface area (Å²) >= 11 is 0. The summed E-state index contributed by atoms with van der Waals surface area (Å²) in [5.74, 6) is -0.998. The summed E-state index contributed by atoms with van der Waals surface area (Å²) in [6.07, 6.45) is 3.76. The summed E-state index contributed by atoms with van der Waals surface area (Å²) in [7, 11) is 0. The van der Waals surface area contributed by atoms with Gasteiger partial charge in [-0.3, -0.25) is 4.79 Å². The molecule has 0 atom stereocenters. The van der Waals surface area contributed by atoms with E-state index in [9.17, 15) is 9.59 Å². The predicted molar refractivity (Wildman–Crippen MR) is 75.5 cm³/mol. The second-order valence-corrected chi connectivity index (χ2v) is 5.45. The number of benzene rings is 1. The zero-order valence-corrected chi connectivity index (χ0v) is 11.4. The molecule has 4 N–H and O–H groups in total. The maximum absolute atomic E-state index is 11.8. The molecule has 1 aliphatic carbocycles. The van der Waals surface area contributed by atoms with Crippen molar-refractivity contribution in [3.8, 4) is 0 Å². The number of hydrogen-bond donors (Lipinski definition) is 3. The first-order chi connectivity index (χ1) is 9.50. The van der Waals surface area contributed by atoms with Crippen molar-refractivity contribution in [1.82, 2.24) is 5.32 Å². The quantitative estimate of drug-likeness (QED) is 0.730. The highest BCUT2D eigenvalue weighted by atomic mass is 16.4. The molecule has 0 aliphatic heterocycles. The predicted octanol–water partition coefficient (Wildman–Crippen LogP) is 1.31. The number of carbonyl (C=O) groups excluding carboxylic acids is 1. The molecule has 1 fully saturated rings. The van der Waals surface area contributed by atoms with Gasteiger partial charge in [0.2, 0.25) is 5.91 Å². The summed E-state index contributed by atoms with van der Waals surface area (Å²) in [5, 5.41) is 11.9. The highest BCUT2D eigenvalue weighted by Gasteiger charge is 2.34. The van der Waals surface area contributed by atoms with Crippen LogP contribution in [0.3, 0.4) is 0 Å². The van der Waals surface area contributed by atoms with Crippen LogP contribution in [0.5, 0.6) is 0 Å². The number of nitrogens with one attached hydrogen (secondary N) is 1. The molecule has 1 saturated carbocycles. The molecule has 1 aromatic rings. The molecule has 0 aromatic heterocycles. The van der Waals surface area contributed by atoms with Crippen molar-refractivity contribution in [1.29, 1.82) is 0 Å². The number of carbonyl (C=O) groups is 2. The fourth-order valence-electron chi connectivity index (χ4n) is 2.47. The lowest BCUT2D eigenvalue weighted by molar-refractivity contribution is -0.122. The van der Waals surface area contributed by atoms with Crippen LogP contribution < -0.4 is 11.1 Å². The standard InChI is InChI=1S/C15H20N2O3/c16-15(7-3-8-15)10-13(18)17-9-6-11-4-1-2-5-12(11)14(19)20/h1-2,4-5H,3,6-10,16H2,(H,17,18)(H,19,20). The van der Waals surface area contributed by atoms with Crippen molar-refractivity contribution in [2.45, 2.75) is 37.6 Å². The van der Waals surface area contributed by atoms with Gasteiger partial charge in [-0.2, -0.15) is 0 Å². The minimum Gasteiger partial charge on any atom is -0.478 e. The molecule has 0 bridgehead atoms. The van der Waals surface area contributed by atoms with Gasteiger partial charge >= 0.3 is 5.97 Å². The van der Waals surface area contributed by atoms with Crippen molar-refractivity contribution in [2.75, 3.05) is 6.54 Å². The Hall–Kier alpha value is -1.88. The van der Waals surface area contributed by atoms with Crippen LogP contribution in [0.2, 0.25) is 0 Å². The minimum absolute atomic E-state index is 0.0555. The Morgan fingerprint density at radius 1 is 1.30 bits per heavy atom. The lowest BCUT2D eigenvalue weighted by Crippen LogP contribution is -2.50. The maximum atomic E-state index is 11.8. The molecular weight excluding hydrogens is 256 g/mol. The molecule has 5 heteroatoms. The van der Waals surface area contributed by atoms with Gasteiger partial charge in [0.1, 0.15) is 0 Å². The first-order valence-electron chi connectivity index (χ1n) is 6.87. The molecule has 1 aliphatic rings. The van der Waals surface area contributed by atoms with E-state index < -0.39 is 5.97 Å². The number of nitrogens with two attached hydrogens (primary N) is 1. The number of carboxylic acid groups (broad SMARTS) is 1. The Morgan fingerprint density at radius 3 is 2.60 bits per heavy atom. The van der Waals surface area contributed by atoms with Crippen LogP contribution in [0.4, 0.5) is 0 Å². The monoisotopic (exact) mass is 276 g/mol. The van der Waals surface area contributed by atoms with Crippen LogP contribution in [-0.4, -0.2) is 29.1 Å². The third-order valence-corrected chi connectivity index (χ3v) is 3.83. The summed E-state index contributed by atoms with van der Waals surface area (Å²) < 4.78 is 0. The summed E-state index contributed by atoms with van der Waals surface area (Å²) in [6, 6.07) is 6.84. The summed E-state index contributed by atoms with van der Waals surface area (Å²) in [6.45, 7) is 0.430. The van der Waals surface area contributed by atoms with E-state index in [1.807, 2.05) is 0 Å². The van der Waals surface area contributed by atoms with E-state index in [2.05, 4.69) is 5.32 Å². The Labute approximate surface area is 118 Å². The summed E-state index contributed by atoms with van der Waals surface area (Å²) in [5.41, 5.74) is 6.71. The first kappa shape index (κ1) is 14.5. The van der Waals surface area contributed by atoms with E-state index >= 15 is 0 Å². The van der Waals surface area contributed by atoms with Gasteiger partial charge < -0.3 is 16.2 Å². The lowest BCUT2D eigenvalue weighted by Gasteiger charge is -2.37. The van der Waals surface area contributed by atoms with Crippen molar-refractivity contribution >= 4 is 11.9 Å². The van der Waals surface area contributed by atoms with Gasteiger partial charge in [-0.1, -0.05) is 18.2 Å².